The Bertz CT molecular complexity index is 532. The molecular weight excluding hydrogens is 308 g/mol. The molecule has 2 rings (SSSR count). The predicted octanol–water partition coefficient (Wildman–Crippen LogP) is 0.758. The molecule has 3 N–H and O–H groups in total. The SMILES string of the molecule is N#Cc1cc(CC(N)=O)c(Br)cc1N1CCNCC1. The maximum absolute atomic E-state index is 11.0. The van der Waals surface area contributed by atoms with Gasteiger partial charge < -0.3 is 16.0 Å². The fourth-order valence-corrected chi connectivity index (χ4v) is 2.66. The van der Waals surface area contributed by atoms with Gasteiger partial charge in [0, 0.05) is 30.7 Å². The zero-order chi connectivity index (χ0) is 13.8. The highest BCUT2D eigenvalue weighted by Gasteiger charge is 2.17. The van der Waals surface area contributed by atoms with Crippen molar-refractivity contribution in [1.29, 1.82) is 5.26 Å². The first-order valence-electron chi connectivity index (χ1n) is 6.08. The van der Waals surface area contributed by atoms with Crippen LogP contribution in [0.15, 0.2) is 16.6 Å². The van der Waals surface area contributed by atoms with E-state index < -0.39 is 5.91 Å². The van der Waals surface area contributed by atoms with Crippen molar-refractivity contribution in [2.24, 2.45) is 5.73 Å². The van der Waals surface area contributed by atoms with Gasteiger partial charge in [0.05, 0.1) is 17.7 Å². The molecule has 0 bridgehead atoms. The Labute approximate surface area is 120 Å². The van der Waals surface area contributed by atoms with Crippen LogP contribution in [0.4, 0.5) is 5.69 Å². The molecule has 0 aromatic heterocycles. The summed E-state index contributed by atoms with van der Waals surface area (Å²) < 4.78 is 0.818. The van der Waals surface area contributed by atoms with Crippen LogP contribution in [0.1, 0.15) is 11.1 Å². The summed E-state index contributed by atoms with van der Waals surface area (Å²) in [5.41, 5.74) is 7.45. The molecule has 1 heterocycles. The molecule has 5 nitrogen and oxygen atoms in total. The molecule has 19 heavy (non-hydrogen) atoms. The zero-order valence-electron chi connectivity index (χ0n) is 10.4. The minimum absolute atomic E-state index is 0.136. The summed E-state index contributed by atoms with van der Waals surface area (Å²) in [6.07, 6.45) is 0.136. The quantitative estimate of drug-likeness (QED) is 0.860. The summed E-state index contributed by atoms with van der Waals surface area (Å²) in [5.74, 6) is -0.403. The lowest BCUT2D eigenvalue weighted by molar-refractivity contribution is -0.117. The van der Waals surface area contributed by atoms with Gasteiger partial charge in [0.15, 0.2) is 0 Å². The van der Waals surface area contributed by atoms with E-state index in [1.54, 1.807) is 6.07 Å². The Morgan fingerprint density at radius 1 is 1.47 bits per heavy atom. The molecule has 0 unspecified atom stereocenters. The van der Waals surface area contributed by atoms with Crippen molar-refractivity contribution in [2.45, 2.75) is 6.42 Å². The second-order valence-corrected chi connectivity index (χ2v) is 5.31. The fourth-order valence-electron chi connectivity index (χ4n) is 2.19. The number of rotatable bonds is 3. The number of nitrogens with one attached hydrogen (secondary N) is 1. The van der Waals surface area contributed by atoms with Gasteiger partial charge in [-0.15, -0.1) is 0 Å². The van der Waals surface area contributed by atoms with Crippen molar-refractivity contribution in [2.75, 3.05) is 31.1 Å². The van der Waals surface area contributed by atoms with E-state index in [2.05, 4.69) is 32.2 Å². The van der Waals surface area contributed by atoms with Crippen molar-refractivity contribution >= 4 is 27.5 Å². The third-order valence-corrected chi connectivity index (χ3v) is 3.85. The highest BCUT2D eigenvalue weighted by molar-refractivity contribution is 9.10. The third-order valence-electron chi connectivity index (χ3n) is 3.11. The van der Waals surface area contributed by atoms with Crippen LogP contribution in [0.25, 0.3) is 0 Å². The van der Waals surface area contributed by atoms with E-state index in [0.717, 1.165) is 41.9 Å². The van der Waals surface area contributed by atoms with Crippen LogP contribution in [0, 0.1) is 11.3 Å². The van der Waals surface area contributed by atoms with E-state index in [4.69, 9.17) is 5.73 Å². The van der Waals surface area contributed by atoms with Gasteiger partial charge >= 0.3 is 0 Å². The van der Waals surface area contributed by atoms with Gasteiger partial charge in [-0.05, 0) is 17.7 Å². The van der Waals surface area contributed by atoms with Gasteiger partial charge in [-0.1, -0.05) is 15.9 Å². The molecule has 1 aliphatic rings. The van der Waals surface area contributed by atoms with E-state index in [0.29, 0.717) is 5.56 Å². The molecule has 0 aliphatic carbocycles. The van der Waals surface area contributed by atoms with E-state index in [1.807, 2.05) is 6.07 Å². The van der Waals surface area contributed by atoms with Crippen LogP contribution in [-0.4, -0.2) is 32.1 Å². The van der Waals surface area contributed by atoms with Crippen LogP contribution < -0.4 is 16.0 Å². The first-order valence-corrected chi connectivity index (χ1v) is 6.87. The van der Waals surface area contributed by atoms with Crippen molar-refractivity contribution in [1.82, 2.24) is 5.32 Å². The molecule has 0 atom stereocenters. The third kappa shape index (κ3) is 3.25. The number of amides is 1. The van der Waals surface area contributed by atoms with Gasteiger partial charge in [-0.25, -0.2) is 0 Å². The number of nitriles is 1. The van der Waals surface area contributed by atoms with Gasteiger partial charge in [-0.2, -0.15) is 5.26 Å². The second kappa shape index (κ2) is 6.04. The molecule has 1 saturated heterocycles. The van der Waals surface area contributed by atoms with E-state index in [1.165, 1.54) is 0 Å². The van der Waals surface area contributed by atoms with Crippen molar-refractivity contribution < 1.29 is 4.79 Å². The minimum atomic E-state index is -0.403. The molecular formula is C13H15BrN4O. The highest BCUT2D eigenvalue weighted by Crippen LogP contribution is 2.29. The van der Waals surface area contributed by atoms with Crippen molar-refractivity contribution in [3.8, 4) is 6.07 Å². The number of nitrogens with two attached hydrogens (primary N) is 1. The topological polar surface area (TPSA) is 82.1 Å². The Morgan fingerprint density at radius 3 is 2.74 bits per heavy atom. The lowest BCUT2D eigenvalue weighted by atomic mass is 10.1. The number of piperazine rings is 1. The normalized spacial score (nSPS) is 15.1. The molecule has 1 aliphatic heterocycles. The largest absolute Gasteiger partial charge is 0.369 e. The molecule has 100 valence electrons. The van der Waals surface area contributed by atoms with Crippen molar-refractivity contribution in [3.63, 3.8) is 0 Å². The maximum Gasteiger partial charge on any atom is 0.221 e. The molecule has 1 amide bonds. The van der Waals surface area contributed by atoms with Gasteiger partial charge in [-0.3, -0.25) is 4.79 Å². The van der Waals surface area contributed by atoms with Gasteiger partial charge in [0.1, 0.15) is 6.07 Å². The van der Waals surface area contributed by atoms with E-state index in [-0.39, 0.29) is 6.42 Å². The average Bonchev–Trinajstić information content (AvgIpc) is 2.41. The minimum Gasteiger partial charge on any atom is -0.369 e. The van der Waals surface area contributed by atoms with Crippen molar-refractivity contribution in [3.05, 3.63) is 27.7 Å². The number of hydrogen-bond acceptors (Lipinski definition) is 4. The molecule has 1 fully saturated rings. The van der Waals surface area contributed by atoms with Gasteiger partial charge in [0.25, 0.3) is 0 Å². The summed E-state index contributed by atoms with van der Waals surface area (Å²) >= 11 is 3.45. The lowest BCUT2D eigenvalue weighted by Gasteiger charge is -2.30. The van der Waals surface area contributed by atoms with Crippen LogP contribution >= 0.6 is 15.9 Å². The van der Waals surface area contributed by atoms with E-state index in [9.17, 15) is 10.1 Å². The molecule has 1 aromatic rings. The molecule has 0 spiro atoms. The number of benzene rings is 1. The lowest BCUT2D eigenvalue weighted by Crippen LogP contribution is -2.43. The van der Waals surface area contributed by atoms with E-state index >= 15 is 0 Å². The van der Waals surface area contributed by atoms with Crippen LogP contribution in [0.2, 0.25) is 0 Å². The number of primary amides is 1. The maximum atomic E-state index is 11.0. The molecule has 6 heteroatoms. The summed E-state index contributed by atoms with van der Waals surface area (Å²) in [6.45, 7) is 3.56. The smallest absolute Gasteiger partial charge is 0.221 e. The molecule has 1 aromatic carbocycles. The Kier molecular flexibility index (Phi) is 4.40. The fraction of sp³-hybridized carbons (Fsp3) is 0.385. The second-order valence-electron chi connectivity index (χ2n) is 4.45. The standard InChI is InChI=1S/C13H15BrN4O/c14-11-7-12(18-3-1-17-2-4-18)10(8-15)5-9(11)6-13(16)19/h5,7,17H,1-4,6H2,(H2,16,19). The average molecular weight is 323 g/mol. The van der Waals surface area contributed by atoms with Crippen LogP contribution in [0.5, 0.6) is 0 Å². The first-order chi connectivity index (χ1) is 9.11. The predicted molar refractivity (Wildman–Crippen MR) is 76.8 cm³/mol. The number of anilines is 1. The number of hydrogen-bond donors (Lipinski definition) is 2. The zero-order valence-corrected chi connectivity index (χ0v) is 12.0. The number of nitrogens with zero attached hydrogens (tertiary/aromatic N) is 2. The Hall–Kier alpha value is -1.58. The first kappa shape index (κ1) is 13.8. The monoisotopic (exact) mass is 322 g/mol. The summed E-state index contributed by atoms with van der Waals surface area (Å²) in [6, 6.07) is 5.85. The number of carbonyl (C=O) groups is 1. The summed E-state index contributed by atoms with van der Waals surface area (Å²) in [4.78, 5) is 13.2. The summed E-state index contributed by atoms with van der Waals surface area (Å²) in [5, 5.41) is 12.6. The Balaban J connectivity index is 2.36. The summed E-state index contributed by atoms with van der Waals surface area (Å²) in [7, 11) is 0. The Morgan fingerprint density at radius 2 is 2.16 bits per heavy atom. The van der Waals surface area contributed by atoms with Crippen LogP contribution in [0.3, 0.4) is 0 Å². The van der Waals surface area contributed by atoms with Gasteiger partial charge in [0.2, 0.25) is 5.91 Å². The van der Waals surface area contributed by atoms with Crippen LogP contribution in [-0.2, 0) is 11.2 Å². The number of carbonyl (C=O) groups excluding carboxylic acids is 1. The molecule has 0 radical (unpaired) electrons. The number of halogens is 1. The molecule has 0 saturated carbocycles. The highest BCUT2D eigenvalue weighted by atomic mass is 79.9.